The Morgan fingerprint density at radius 3 is 2.37 bits per heavy atom. The van der Waals surface area contributed by atoms with E-state index in [4.69, 9.17) is 5.73 Å². The van der Waals surface area contributed by atoms with E-state index in [1.54, 1.807) is 13.8 Å². The molecule has 0 aromatic heterocycles. The van der Waals surface area contributed by atoms with Gasteiger partial charge in [-0.1, -0.05) is 0 Å². The fraction of sp³-hybridized carbons (Fsp3) is 0.417. The Morgan fingerprint density at radius 1 is 1.32 bits per heavy atom. The maximum absolute atomic E-state index is 13.3. The molecule has 1 rings (SSSR count). The van der Waals surface area contributed by atoms with Gasteiger partial charge in [-0.25, -0.2) is 12.8 Å². The van der Waals surface area contributed by atoms with E-state index in [-0.39, 0.29) is 16.6 Å². The van der Waals surface area contributed by atoms with Crippen molar-refractivity contribution in [2.45, 2.75) is 37.0 Å². The topological polar surface area (TPSA) is 89.3 Å². The first kappa shape index (κ1) is 15.4. The predicted molar refractivity (Wildman–Crippen MR) is 70.7 cm³/mol. The maximum atomic E-state index is 13.3. The van der Waals surface area contributed by atoms with Crippen LogP contribution in [0.2, 0.25) is 0 Å². The molecule has 0 heterocycles. The molecule has 106 valence electrons. The van der Waals surface area contributed by atoms with Crippen molar-refractivity contribution in [2.24, 2.45) is 0 Å². The van der Waals surface area contributed by atoms with Gasteiger partial charge < -0.3 is 11.1 Å². The van der Waals surface area contributed by atoms with Crippen molar-refractivity contribution in [1.82, 2.24) is 5.32 Å². The molecule has 0 radical (unpaired) electrons. The number of amides is 1. The molecule has 3 N–H and O–H groups in total. The van der Waals surface area contributed by atoms with Gasteiger partial charge >= 0.3 is 0 Å². The number of carbonyl (C=O) groups excluding carboxylic acids is 1. The van der Waals surface area contributed by atoms with Gasteiger partial charge in [-0.15, -0.1) is 0 Å². The number of rotatable bonds is 4. The monoisotopic (exact) mass is 288 g/mol. The molecular weight excluding hydrogens is 271 g/mol. The lowest BCUT2D eigenvalue weighted by atomic mass is 10.3. The molecule has 1 atom stereocenters. The van der Waals surface area contributed by atoms with Crippen LogP contribution >= 0.6 is 0 Å². The number of nitrogens with two attached hydrogens (primary N) is 1. The fourth-order valence-corrected chi connectivity index (χ4v) is 2.72. The van der Waals surface area contributed by atoms with Crippen LogP contribution in [0.25, 0.3) is 0 Å². The van der Waals surface area contributed by atoms with Crippen LogP contribution in [-0.2, 0) is 14.6 Å². The third kappa shape index (κ3) is 3.44. The molecular formula is C12H17FN2O3S. The molecule has 1 amide bonds. The maximum Gasteiger partial charge on any atom is 0.238 e. The SMILES string of the molecule is CC(C)NC(=O)C(C)S(=O)(=O)c1ccc(N)c(F)c1. The minimum atomic E-state index is -3.93. The van der Waals surface area contributed by atoms with Gasteiger partial charge in [-0.05, 0) is 39.0 Å². The first-order valence-electron chi connectivity index (χ1n) is 5.75. The van der Waals surface area contributed by atoms with Gasteiger partial charge in [0.2, 0.25) is 5.91 Å². The number of nitrogen functional groups attached to an aromatic ring is 1. The first-order chi connectivity index (χ1) is 8.66. The molecule has 7 heteroatoms. The van der Waals surface area contributed by atoms with Crippen LogP contribution in [0, 0.1) is 5.82 Å². The number of benzene rings is 1. The molecule has 5 nitrogen and oxygen atoms in total. The van der Waals surface area contributed by atoms with Gasteiger partial charge in [-0.3, -0.25) is 4.79 Å². The van der Waals surface area contributed by atoms with Gasteiger partial charge in [-0.2, -0.15) is 0 Å². The summed E-state index contributed by atoms with van der Waals surface area (Å²) < 4.78 is 37.6. The number of nitrogens with one attached hydrogen (secondary N) is 1. The van der Waals surface area contributed by atoms with Crippen molar-refractivity contribution in [3.8, 4) is 0 Å². The van der Waals surface area contributed by atoms with Gasteiger partial charge in [0, 0.05) is 6.04 Å². The minimum absolute atomic E-state index is 0.141. The van der Waals surface area contributed by atoms with E-state index in [2.05, 4.69) is 5.32 Å². The Balaban J connectivity index is 3.09. The summed E-state index contributed by atoms with van der Waals surface area (Å²) in [5.41, 5.74) is 5.14. The summed E-state index contributed by atoms with van der Waals surface area (Å²) in [6.45, 7) is 4.71. The van der Waals surface area contributed by atoms with Crippen molar-refractivity contribution in [3.05, 3.63) is 24.0 Å². The number of sulfone groups is 1. The average molecular weight is 288 g/mol. The Morgan fingerprint density at radius 2 is 1.89 bits per heavy atom. The second-order valence-corrected chi connectivity index (χ2v) is 6.80. The minimum Gasteiger partial charge on any atom is -0.396 e. The summed E-state index contributed by atoms with van der Waals surface area (Å²) >= 11 is 0. The molecule has 1 aromatic rings. The first-order valence-corrected chi connectivity index (χ1v) is 7.30. The molecule has 0 aliphatic rings. The second kappa shape index (κ2) is 5.56. The van der Waals surface area contributed by atoms with E-state index in [1.807, 2.05) is 0 Å². The van der Waals surface area contributed by atoms with Crippen LogP contribution in [-0.4, -0.2) is 25.6 Å². The Labute approximate surface area is 111 Å². The van der Waals surface area contributed by atoms with Crippen LogP contribution in [0.15, 0.2) is 23.1 Å². The molecule has 0 saturated carbocycles. The quantitative estimate of drug-likeness (QED) is 0.812. The summed E-state index contributed by atoms with van der Waals surface area (Å²) in [5, 5.41) is 1.21. The fourth-order valence-electron chi connectivity index (χ4n) is 1.43. The van der Waals surface area contributed by atoms with Crippen LogP contribution in [0.4, 0.5) is 10.1 Å². The second-order valence-electron chi connectivity index (χ2n) is 4.53. The van der Waals surface area contributed by atoms with E-state index in [0.29, 0.717) is 0 Å². The highest BCUT2D eigenvalue weighted by Gasteiger charge is 2.30. The predicted octanol–water partition coefficient (Wildman–Crippen LogP) is 1.09. The Kier molecular flexibility index (Phi) is 4.52. The standard InChI is InChI=1S/C12H17FN2O3S/c1-7(2)15-12(16)8(3)19(17,18)9-4-5-11(14)10(13)6-9/h4-8H,14H2,1-3H3,(H,15,16). The highest BCUT2D eigenvalue weighted by atomic mass is 32.2. The number of hydrogen-bond donors (Lipinski definition) is 2. The third-order valence-electron chi connectivity index (χ3n) is 2.57. The van der Waals surface area contributed by atoms with Crippen LogP contribution in [0.5, 0.6) is 0 Å². The number of carbonyl (C=O) groups is 1. The summed E-state index contributed by atoms with van der Waals surface area (Å²) in [6, 6.07) is 3.00. The summed E-state index contributed by atoms with van der Waals surface area (Å²) in [5.74, 6) is -1.44. The molecule has 0 saturated heterocycles. The van der Waals surface area contributed by atoms with Gasteiger partial charge in [0.15, 0.2) is 9.84 Å². The lowest BCUT2D eigenvalue weighted by molar-refractivity contribution is -0.120. The average Bonchev–Trinajstić information content (AvgIpc) is 2.30. The molecule has 0 aliphatic carbocycles. The lowest BCUT2D eigenvalue weighted by Gasteiger charge is -2.15. The van der Waals surface area contributed by atoms with Crippen LogP contribution < -0.4 is 11.1 Å². The highest BCUT2D eigenvalue weighted by molar-refractivity contribution is 7.92. The number of halogens is 1. The Bertz CT molecular complexity index is 585. The van der Waals surface area contributed by atoms with Crippen LogP contribution in [0.1, 0.15) is 20.8 Å². The van der Waals surface area contributed by atoms with E-state index >= 15 is 0 Å². The third-order valence-corrected chi connectivity index (χ3v) is 4.62. The summed E-state index contributed by atoms with van der Waals surface area (Å²) in [6.07, 6.45) is 0. The van der Waals surface area contributed by atoms with E-state index in [0.717, 1.165) is 12.1 Å². The van der Waals surface area contributed by atoms with Gasteiger partial charge in [0.1, 0.15) is 11.1 Å². The van der Waals surface area contributed by atoms with Crippen molar-refractivity contribution in [1.29, 1.82) is 0 Å². The van der Waals surface area contributed by atoms with Crippen molar-refractivity contribution < 1.29 is 17.6 Å². The van der Waals surface area contributed by atoms with Gasteiger partial charge in [0.05, 0.1) is 10.6 Å². The zero-order valence-corrected chi connectivity index (χ0v) is 11.8. The summed E-state index contributed by atoms with van der Waals surface area (Å²) in [4.78, 5) is 11.5. The van der Waals surface area contributed by atoms with Crippen LogP contribution in [0.3, 0.4) is 0 Å². The summed E-state index contributed by atoms with van der Waals surface area (Å²) in [7, 11) is -3.93. The van der Waals surface area contributed by atoms with Crippen molar-refractivity contribution >= 4 is 21.4 Å². The highest BCUT2D eigenvalue weighted by Crippen LogP contribution is 2.20. The smallest absolute Gasteiger partial charge is 0.238 e. The zero-order valence-electron chi connectivity index (χ0n) is 11.0. The Hall–Kier alpha value is -1.63. The molecule has 0 fully saturated rings. The molecule has 0 aliphatic heterocycles. The van der Waals surface area contributed by atoms with Crippen molar-refractivity contribution in [3.63, 3.8) is 0 Å². The normalized spacial score (nSPS) is 13.3. The molecule has 0 bridgehead atoms. The molecule has 1 aromatic carbocycles. The molecule has 19 heavy (non-hydrogen) atoms. The van der Waals surface area contributed by atoms with Gasteiger partial charge in [0.25, 0.3) is 0 Å². The number of anilines is 1. The molecule has 0 spiro atoms. The van der Waals surface area contributed by atoms with E-state index < -0.39 is 26.8 Å². The van der Waals surface area contributed by atoms with E-state index in [1.165, 1.54) is 13.0 Å². The van der Waals surface area contributed by atoms with Crippen molar-refractivity contribution in [2.75, 3.05) is 5.73 Å². The van der Waals surface area contributed by atoms with E-state index in [9.17, 15) is 17.6 Å². The number of hydrogen-bond acceptors (Lipinski definition) is 4. The molecule has 1 unspecified atom stereocenters. The lowest BCUT2D eigenvalue weighted by Crippen LogP contribution is -2.41. The largest absolute Gasteiger partial charge is 0.396 e. The zero-order chi connectivity index (χ0) is 14.8.